The molecule has 0 amide bonds. The number of hydrogen-bond donors (Lipinski definition) is 0. The first kappa shape index (κ1) is 59.4. The van der Waals surface area contributed by atoms with Crippen molar-refractivity contribution in [2.45, 2.75) is 159 Å². The van der Waals surface area contributed by atoms with Crippen molar-refractivity contribution in [3.8, 4) is 0 Å². The number of carbonyl (C=O) groups excluding carboxylic acids is 2. The molecular weight excluding hydrogens is 1040 g/mol. The molecule has 0 radical (unpaired) electrons. The lowest BCUT2D eigenvalue weighted by atomic mass is 9.95. The summed E-state index contributed by atoms with van der Waals surface area (Å²) < 4.78 is 94.3. The molecule has 6 aromatic rings. The Morgan fingerprint density at radius 2 is 0.691 bits per heavy atom. The van der Waals surface area contributed by atoms with Crippen molar-refractivity contribution in [3.05, 3.63) is 215 Å². The van der Waals surface area contributed by atoms with Crippen LogP contribution in [0.4, 0.5) is 0 Å². The largest absolute Gasteiger partial charge is 0.455 e. The molecule has 0 N–H and O–H groups in total. The van der Waals surface area contributed by atoms with E-state index in [0.717, 1.165) is 33.4 Å². The average Bonchev–Trinajstić information content (AvgIpc) is 3.51. The molecule has 0 aromatic heterocycles. The molecule has 3 fully saturated rings. The van der Waals surface area contributed by atoms with Crippen LogP contribution in [0.5, 0.6) is 0 Å². The Bertz CT molecular complexity index is 2760. The van der Waals surface area contributed by atoms with Gasteiger partial charge in [-0.25, -0.2) is 0 Å². The Kier molecular flexibility index (Phi) is 22.1. The average molecular weight is 1110 g/mol. The lowest BCUT2D eigenvalue weighted by Crippen LogP contribution is -2.67. The van der Waals surface area contributed by atoms with Crippen molar-refractivity contribution >= 4 is 11.9 Å². The summed E-state index contributed by atoms with van der Waals surface area (Å²) in [6.45, 7) is 7.37. The molecule has 0 bridgehead atoms. The number of methoxy groups -OCH3 is 1. The fraction of sp³-hybridized carbons (Fsp3) is 0.415. The third kappa shape index (κ3) is 16.7. The molecule has 3 aliphatic rings. The van der Waals surface area contributed by atoms with E-state index in [1.54, 1.807) is 6.92 Å². The second kappa shape index (κ2) is 30.2. The second-order valence-electron chi connectivity index (χ2n) is 20.4. The van der Waals surface area contributed by atoms with Crippen molar-refractivity contribution in [1.29, 1.82) is 0 Å². The van der Waals surface area contributed by atoms with E-state index in [0.29, 0.717) is 0 Å². The van der Waals surface area contributed by atoms with E-state index in [-0.39, 0.29) is 46.2 Å². The van der Waals surface area contributed by atoms with Gasteiger partial charge in [0.2, 0.25) is 0 Å². The molecule has 6 aromatic carbocycles. The van der Waals surface area contributed by atoms with Gasteiger partial charge in [0.1, 0.15) is 48.8 Å². The van der Waals surface area contributed by atoms with E-state index in [1.807, 2.05) is 189 Å². The van der Waals surface area contributed by atoms with Crippen LogP contribution in [0.1, 0.15) is 61.1 Å². The Hall–Kier alpha value is -6.22. The van der Waals surface area contributed by atoms with Gasteiger partial charge in [-0.3, -0.25) is 9.59 Å². The van der Waals surface area contributed by atoms with Crippen LogP contribution >= 0.6 is 0 Å². The number of carbonyl (C=O) groups is 2. The van der Waals surface area contributed by atoms with Crippen LogP contribution < -0.4 is 0 Å². The summed E-state index contributed by atoms with van der Waals surface area (Å²) in [6, 6.07) is 58.7. The van der Waals surface area contributed by atoms with Crippen molar-refractivity contribution in [2.24, 2.45) is 0 Å². The van der Waals surface area contributed by atoms with Gasteiger partial charge in [0.05, 0.1) is 58.5 Å². The minimum absolute atomic E-state index is 0.0620. The Morgan fingerprint density at radius 3 is 1.11 bits per heavy atom. The summed E-state index contributed by atoms with van der Waals surface area (Å²) in [7, 11) is 1.49. The fourth-order valence-corrected chi connectivity index (χ4v) is 10.3. The molecule has 3 aliphatic heterocycles. The number of esters is 2. The van der Waals surface area contributed by atoms with Gasteiger partial charge >= 0.3 is 11.9 Å². The molecular formula is C65H74O16. The molecule has 16 heteroatoms. The number of rotatable bonds is 26. The maximum Gasteiger partial charge on any atom is 0.303 e. The van der Waals surface area contributed by atoms with Crippen molar-refractivity contribution in [3.63, 3.8) is 0 Å². The summed E-state index contributed by atoms with van der Waals surface area (Å²) in [4.78, 5) is 26.2. The highest BCUT2D eigenvalue weighted by atomic mass is 16.8. The number of hydrogen-bond acceptors (Lipinski definition) is 16. The zero-order chi connectivity index (χ0) is 56.3. The maximum atomic E-state index is 13.2. The molecule has 15 atom stereocenters. The van der Waals surface area contributed by atoms with Gasteiger partial charge in [-0.1, -0.05) is 182 Å². The van der Waals surface area contributed by atoms with Gasteiger partial charge in [-0.15, -0.1) is 0 Å². The predicted molar refractivity (Wildman–Crippen MR) is 296 cm³/mol. The summed E-state index contributed by atoms with van der Waals surface area (Å²) >= 11 is 0. The lowest BCUT2D eigenvalue weighted by molar-refractivity contribution is -0.395. The van der Waals surface area contributed by atoms with Crippen molar-refractivity contribution in [1.82, 2.24) is 0 Å². The summed E-state index contributed by atoms with van der Waals surface area (Å²) in [5, 5.41) is 0. The van der Waals surface area contributed by atoms with Crippen LogP contribution in [0, 0.1) is 0 Å². The fourth-order valence-electron chi connectivity index (χ4n) is 10.3. The molecule has 0 aliphatic carbocycles. The molecule has 3 saturated heterocycles. The first-order valence-electron chi connectivity index (χ1n) is 27.6. The zero-order valence-electron chi connectivity index (χ0n) is 46.5. The normalized spacial score (nSPS) is 28.4. The highest BCUT2D eigenvalue weighted by Gasteiger charge is 2.57. The minimum Gasteiger partial charge on any atom is -0.455 e. The molecule has 0 spiro atoms. The van der Waals surface area contributed by atoms with Crippen LogP contribution in [0.15, 0.2) is 182 Å². The summed E-state index contributed by atoms with van der Waals surface area (Å²) in [6.07, 6.45) is -15.5. The van der Waals surface area contributed by atoms with E-state index in [1.165, 1.54) is 21.0 Å². The van der Waals surface area contributed by atoms with Gasteiger partial charge < -0.3 is 66.3 Å². The Balaban J connectivity index is 1.12. The van der Waals surface area contributed by atoms with Crippen LogP contribution in [0.2, 0.25) is 0 Å². The molecule has 81 heavy (non-hydrogen) atoms. The zero-order valence-corrected chi connectivity index (χ0v) is 46.5. The maximum absolute atomic E-state index is 13.2. The Morgan fingerprint density at radius 1 is 0.358 bits per heavy atom. The second-order valence-corrected chi connectivity index (χ2v) is 20.4. The van der Waals surface area contributed by atoms with Crippen molar-refractivity contribution in [2.75, 3.05) is 13.7 Å². The van der Waals surface area contributed by atoms with Gasteiger partial charge in [-0.05, 0) is 47.2 Å². The first-order chi connectivity index (χ1) is 39.6. The molecule has 430 valence electrons. The lowest BCUT2D eigenvalue weighted by Gasteiger charge is -2.51. The van der Waals surface area contributed by atoms with E-state index in [9.17, 15) is 9.59 Å². The van der Waals surface area contributed by atoms with E-state index in [4.69, 9.17) is 66.3 Å². The summed E-state index contributed by atoms with van der Waals surface area (Å²) in [5.74, 6) is -1.31. The predicted octanol–water partition coefficient (Wildman–Crippen LogP) is 9.62. The standard InChI is InChI=1S/C65H74O16/c1-43-55(71-38-49-28-16-8-17-29-49)59(61(63(68-5)75-43)81-65-62(78-46(4)67)58(77-45(3)66)54(44(2)76-65)70-37-48-26-14-7-15-27-48)80-64-60(74-41-52-34-22-11-23-35-52)57(73-40-51-32-20-10-21-33-51)56(72-39-50-30-18-9-19-31-50)53(79-64)42-69-36-47-24-12-6-13-25-47/h6-35,43-44,53-65H,36-42H2,1-5H3. The van der Waals surface area contributed by atoms with Gasteiger partial charge in [0.25, 0.3) is 0 Å². The molecule has 0 saturated carbocycles. The first-order valence-corrected chi connectivity index (χ1v) is 27.6. The SMILES string of the molecule is COC1OC(C)C(OCc2ccccc2)C(OC2OC(COCc3ccccc3)C(OCc3ccccc3)C(OCc3ccccc3)C2OCc2ccccc2)C1OC1OC(C)C(OCc2ccccc2)C(OC(C)=O)C1OC(C)=O. The highest BCUT2D eigenvalue weighted by Crippen LogP contribution is 2.39. The summed E-state index contributed by atoms with van der Waals surface area (Å²) in [5.41, 5.74) is 5.50. The molecule has 3 heterocycles. The number of ether oxygens (including phenoxy) is 14. The van der Waals surface area contributed by atoms with Crippen LogP contribution in [-0.4, -0.2) is 118 Å². The third-order valence-electron chi connectivity index (χ3n) is 14.3. The monoisotopic (exact) mass is 1110 g/mol. The van der Waals surface area contributed by atoms with Crippen LogP contribution in [-0.2, 0) is 116 Å². The van der Waals surface area contributed by atoms with E-state index < -0.39 is 104 Å². The Labute approximate surface area is 474 Å². The van der Waals surface area contributed by atoms with Gasteiger partial charge in [0, 0.05) is 21.0 Å². The van der Waals surface area contributed by atoms with Crippen LogP contribution in [0.25, 0.3) is 0 Å². The van der Waals surface area contributed by atoms with Gasteiger partial charge in [0.15, 0.2) is 31.1 Å². The topological polar surface area (TPSA) is 163 Å². The number of benzene rings is 6. The van der Waals surface area contributed by atoms with Gasteiger partial charge in [-0.2, -0.15) is 0 Å². The molecule has 15 unspecified atom stereocenters. The smallest absolute Gasteiger partial charge is 0.303 e. The van der Waals surface area contributed by atoms with E-state index in [2.05, 4.69) is 0 Å². The third-order valence-corrected chi connectivity index (χ3v) is 14.3. The quantitative estimate of drug-likeness (QED) is 0.0471. The minimum atomic E-state index is -1.42. The highest BCUT2D eigenvalue weighted by molar-refractivity contribution is 5.67. The van der Waals surface area contributed by atoms with Crippen molar-refractivity contribution < 1.29 is 75.9 Å². The van der Waals surface area contributed by atoms with E-state index >= 15 is 0 Å². The molecule has 9 rings (SSSR count). The van der Waals surface area contributed by atoms with Crippen LogP contribution in [0.3, 0.4) is 0 Å². The molecule has 16 nitrogen and oxygen atoms in total.